The van der Waals surface area contributed by atoms with Crippen molar-refractivity contribution in [3.63, 3.8) is 0 Å². The molecule has 0 bridgehead atoms. The van der Waals surface area contributed by atoms with Crippen molar-refractivity contribution in [1.82, 2.24) is 9.88 Å². The van der Waals surface area contributed by atoms with Crippen LogP contribution < -0.4 is 24.8 Å². The van der Waals surface area contributed by atoms with E-state index in [9.17, 15) is 9.59 Å². The van der Waals surface area contributed by atoms with Crippen LogP contribution in [0, 0.1) is 30.6 Å². The summed E-state index contributed by atoms with van der Waals surface area (Å²) in [5.41, 5.74) is 0.675. The molecule has 0 aliphatic carbocycles. The van der Waals surface area contributed by atoms with Crippen molar-refractivity contribution in [2.45, 2.75) is 20.4 Å². The number of methoxy groups -OCH3 is 1. The van der Waals surface area contributed by atoms with Gasteiger partial charge in [0.05, 0.1) is 18.2 Å². The molecule has 0 radical (unpaired) electrons. The van der Waals surface area contributed by atoms with E-state index in [1.54, 1.807) is 25.1 Å². The third kappa shape index (κ3) is 5.50. The van der Waals surface area contributed by atoms with Crippen LogP contribution in [0.15, 0.2) is 23.0 Å². The number of carbonyl (C=O) groups excluding carboxylic acids is 1. The lowest BCUT2D eigenvalue weighted by molar-refractivity contribution is -0.115. The summed E-state index contributed by atoms with van der Waals surface area (Å²) in [6.07, 6.45) is 5.02. The Labute approximate surface area is 166 Å². The van der Waals surface area contributed by atoms with Gasteiger partial charge in [0, 0.05) is 6.54 Å². The van der Waals surface area contributed by atoms with E-state index in [2.05, 4.69) is 17.8 Å². The molecular formula is C20H21N3O4S. The summed E-state index contributed by atoms with van der Waals surface area (Å²) >= 11 is 1.03. The van der Waals surface area contributed by atoms with E-state index in [1.807, 2.05) is 13.0 Å². The first kappa shape index (κ1) is 22.6. The number of benzene rings is 1. The van der Waals surface area contributed by atoms with Gasteiger partial charge < -0.3 is 15.2 Å². The first-order valence-corrected chi connectivity index (χ1v) is 9.00. The zero-order valence-corrected chi connectivity index (χ0v) is 16.7. The lowest BCUT2D eigenvalue weighted by Crippen LogP contribution is -2.34. The van der Waals surface area contributed by atoms with Gasteiger partial charge in [-0.1, -0.05) is 18.6 Å². The Kier molecular flexibility index (Phi) is 8.54. The zero-order chi connectivity index (χ0) is 21.3. The van der Waals surface area contributed by atoms with Gasteiger partial charge in [-0.2, -0.15) is 5.26 Å². The van der Waals surface area contributed by atoms with Gasteiger partial charge in [-0.25, -0.2) is 0 Å². The van der Waals surface area contributed by atoms with Gasteiger partial charge in [-0.15, -0.1) is 17.8 Å². The SMILES string of the molecule is C#CCNC(=O)/C(C#N)=c1\sc(=C)c(=O)n1CC.COc1cc(C)ccc1O. The predicted molar refractivity (Wildman–Crippen MR) is 109 cm³/mol. The third-order valence-corrected chi connectivity index (χ3v) is 4.54. The normalized spacial score (nSPS) is 10.6. The van der Waals surface area contributed by atoms with Crippen molar-refractivity contribution < 1.29 is 14.6 Å². The van der Waals surface area contributed by atoms with E-state index in [-0.39, 0.29) is 23.4 Å². The highest BCUT2D eigenvalue weighted by Gasteiger charge is 2.13. The molecule has 0 spiro atoms. The number of rotatable bonds is 4. The Morgan fingerprint density at radius 3 is 2.68 bits per heavy atom. The van der Waals surface area contributed by atoms with Crippen LogP contribution >= 0.6 is 11.3 Å². The van der Waals surface area contributed by atoms with Crippen LogP contribution in [0.5, 0.6) is 11.5 Å². The standard InChI is InChI=1S/C12H11N3O2S.C8H10O2/c1-4-6-14-10(16)9(7-13)12-15(5-2)11(17)8(3)18-12;1-6-3-4-7(9)8(5-6)10-2/h1H,3,5-6H2,2H3,(H,14,16);3-5,9H,1-2H3/b12-9-;. The number of hydrogen-bond donors (Lipinski definition) is 2. The van der Waals surface area contributed by atoms with Gasteiger partial charge in [0.25, 0.3) is 11.5 Å². The Bertz CT molecular complexity index is 1100. The molecule has 1 heterocycles. The molecule has 0 saturated carbocycles. The average Bonchev–Trinajstić information content (AvgIpc) is 2.96. The number of thiazole rings is 1. The first-order chi connectivity index (χ1) is 13.3. The number of phenols is 1. The zero-order valence-electron chi connectivity index (χ0n) is 15.9. The monoisotopic (exact) mass is 399 g/mol. The van der Waals surface area contributed by atoms with Gasteiger partial charge >= 0.3 is 0 Å². The van der Waals surface area contributed by atoms with Crippen LogP contribution in [-0.4, -0.2) is 29.2 Å². The maximum absolute atomic E-state index is 11.7. The molecule has 28 heavy (non-hydrogen) atoms. The molecule has 2 N–H and O–H groups in total. The van der Waals surface area contributed by atoms with Crippen LogP contribution in [0.4, 0.5) is 0 Å². The minimum Gasteiger partial charge on any atom is -0.504 e. The molecule has 2 rings (SSSR count). The van der Waals surface area contributed by atoms with Crippen molar-refractivity contribution in [2.24, 2.45) is 0 Å². The Hall–Kier alpha value is -3.49. The highest BCUT2D eigenvalue weighted by Crippen LogP contribution is 2.25. The first-order valence-electron chi connectivity index (χ1n) is 8.18. The van der Waals surface area contributed by atoms with Crippen LogP contribution in [0.25, 0.3) is 12.2 Å². The van der Waals surface area contributed by atoms with E-state index < -0.39 is 5.91 Å². The van der Waals surface area contributed by atoms with Crippen LogP contribution in [0.3, 0.4) is 0 Å². The molecule has 146 valence electrons. The average molecular weight is 399 g/mol. The van der Waals surface area contributed by atoms with Gasteiger partial charge in [0.15, 0.2) is 17.1 Å². The lowest BCUT2D eigenvalue weighted by atomic mass is 10.2. The molecule has 0 atom stereocenters. The van der Waals surface area contributed by atoms with E-state index in [0.717, 1.165) is 16.9 Å². The summed E-state index contributed by atoms with van der Waals surface area (Å²) in [6.45, 7) is 7.69. The number of amides is 1. The van der Waals surface area contributed by atoms with E-state index in [4.69, 9.17) is 21.5 Å². The van der Waals surface area contributed by atoms with E-state index in [0.29, 0.717) is 21.5 Å². The molecule has 0 unspecified atom stereocenters. The quantitative estimate of drug-likeness (QED) is 0.728. The summed E-state index contributed by atoms with van der Waals surface area (Å²) < 4.78 is 6.83. The van der Waals surface area contributed by atoms with Crippen molar-refractivity contribution >= 4 is 29.4 Å². The second-order valence-electron chi connectivity index (χ2n) is 5.43. The fraction of sp³-hybridized carbons (Fsp3) is 0.250. The van der Waals surface area contributed by atoms with Gasteiger partial charge in [0.1, 0.15) is 10.7 Å². The molecule has 1 amide bonds. The number of aromatic nitrogens is 1. The Morgan fingerprint density at radius 2 is 2.18 bits per heavy atom. The number of terminal acetylenes is 1. The number of hydrogen-bond acceptors (Lipinski definition) is 6. The number of ether oxygens (including phenoxy) is 1. The maximum Gasteiger partial charge on any atom is 0.268 e. The van der Waals surface area contributed by atoms with Crippen molar-refractivity contribution in [3.8, 4) is 29.9 Å². The highest BCUT2D eigenvalue weighted by molar-refractivity contribution is 7.07. The van der Waals surface area contributed by atoms with Crippen molar-refractivity contribution in [2.75, 3.05) is 13.7 Å². The largest absolute Gasteiger partial charge is 0.504 e. The molecular weight excluding hydrogens is 378 g/mol. The number of aromatic hydroxyl groups is 1. The lowest BCUT2D eigenvalue weighted by Gasteiger charge is -2.02. The van der Waals surface area contributed by atoms with Gasteiger partial charge in [-0.05, 0) is 31.5 Å². The predicted octanol–water partition coefficient (Wildman–Crippen LogP) is 0.473. The Morgan fingerprint density at radius 1 is 1.50 bits per heavy atom. The van der Waals surface area contributed by atoms with Crippen molar-refractivity contribution in [3.05, 3.63) is 43.3 Å². The fourth-order valence-electron chi connectivity index (χ4n) is 2.13. The molecule has 2 aromatic rings. The number of aryl methyl sites for hydroxylation is 1. The third-order valence-electron chi connectivity index (χ3n) is 3.50. The molecule has 0 fully saturated rings. The minimum absolute atomic E-state index is 0.0307. The van der Waals surface area contributed by atoms with Gasteiger partial charge in [-0.3, -0.25) is 14.2 Å². The fourth-order valence-corrected chi connectivity index (χ4v) is 3.13. The molecule has 0 aliphatic rings. The minimum atomic E-state index is -0.584. The summed E-state index contributed by atoms with van der Waals surface area (Å²) in [4.78, 5) is 23.4. The van der Waals surface area contributed by atoms with Crippen LogP contribution in [-0.2, 0) is 11.3 Å². The van der Waals surface area contributed by atoms with Crippen LogP contribution in [0.2, 0.25) is 0 Å². The number of carbonyl (C=O) groups is 1. The number of nitrogens with zero attached hydrogens (tertiary/aromatic N) is 2. The molecule has 7 nitrogen and oxygen atoms in total. The molecule has 8 heteroatoms. The highest BCUT2D eigenvalue weighted by atomic mass is 32.1. The topological polar surface area (TPSA) is 104 Å². The molecule has 1 aromatic heterocycles. The van der Waals surface area contributed by atoms with E-state index in [1.165, 1.54) is 11.7 Å². The molecule has 1 aromatic carbocycles. The second kappa shape index (κ2) is 10.6. The molecule has 0 aliphatic heterocycles. The van der Waals surface area contributed by atoms with Crippen molar-refractivity contribution in [1.29, 1.82) is 5.26 Å². The number of phenolic OH excluding ortho intramolecular Hbond substituents is 1. The number of nitrogens with one attached hydrogen (secondary N) is 1. The van der Waals surface area contributed by atoms with Crippen LogP contribution in [0.1, 0.15) is 12.5 Å². The summed E-state index contributed by atoms with van der Waals surface area (Å²) in [5.74, 6) is 2.37. The Balaban J connectivity index is 0.000000330. The van der Waals surface area contributed by atoms with E-state index >= 15 is 0 Å². The molecule has 0 saturated heterocycles. The number of nitriles is 1. The summed E-state index contributed by atoms with van der Waals surface area (Å²) in [7, 11) is 1.54. The smallest absolute Gasteiger partial charge is 0.268 e. The van der Waals surface area contributed by atoms with Gasteiger partial charge in [0.2, 0.25) is 0 Å². The maximum atomic E-state index is 11.7. The summed E-state index contributed by atoms with van der Waals surface area (Å²) in [5, 5.41) is 20.5. The summed E-state index contributed by atoms with van der Waals surface area (Å²) in [6, 6.07) is 7.04. The second-order valence-corrected chi connectivity index (χ2v) is 6.51.